The normalized spacial score (nSPS) is 10.6. The monoisotopic (exact) mass is 392 g/mol. The maximum absolute atomic E-state index is 12.5. The smallest absolute Gasteiger partial charge is 0.275 e. The van der Waals surface area contributed by atoms with Gasteiger partial charge in [-0.1, -0.05) is 26.0 Å². The Morgan fingerprint density at radius 3 is 2.77 bits per heavy atom. The molecular formula is C17H21ClN6OS. The molecule has 0 saturated heterocycles. The van der Waals surface area contributed by atoms with Crippen LogP contribution in [0.2, 0.25) is 0 Å². The van der Waals surface area contributed by atoms with Gasteiger partial charge in [-0.2, -0.15) is 5.10 Å². The van der Waals surface area contributed by atoms with E-state index in [4.69, 9.17) is 5.73 Å². The number of rotatable bonds is 6. The van der Waals surface area contributed by atoms with Crippen molar-refractivity contribution in [2.75, 3.05) is 11.9 Å². The molecule has 0 aliphatic rings. The number of carbonyl (C=O) groups is 1. The minimum absolute atomic E-state index is 0. The summed E-state index contributed by atoms with van der Waals surface area (Å²) in [5.74, 6) is 1.36. The number of carbonyl (C=O) groups excluding carboxylic acids is 1. The van der Waals surface area contributed by atoms with Crippen LogP contribution < -0.4 is 11.1 Å². The van der Waals surface area contributed by atoms with Crippen molar-refractivity contribution < 1.29 is 4.79 Å². The number of amides is 1. The first-order chi connectivity index (χ1) is 12.1. The minimum Gasteiger partial charge on any atom is -0.330 e. The zero-order valence-electron chi connectivity index (χ0n) is 14.5. The first-order valence-electron chi connectivity index (χ1n) is 8.06. The Kier molecular flexibility index (Phi) is 6.84. The van der Waals surface area contributed by atoms with Crippen molar-refractivity contribution in [3.05, 3.63) is 46.2 Å². The van der Waals surface area contributed by atoms with E-state index < -0.39 is 0 Å². The highest BCUT2D eigenvalue weighted by Gasteiger charge is 2.16. The van der Waals surface area contributed by atoms with E-state index in [0.717, 1.165) is 16.4 Å². The molecule has 0 radical (unpaired) electrons. The van der Waals surface area contributed by atoms with E-state index in [1.54, 1.807) is 5.38 Å². The molecule has 0 spiro atoms. The van der Waals surface area contributed by atoms with Gasteiger partial charge in [0.25, 0.3) is 5.91 Å². The highest BCUT2D eigenvalue weighted by atomic mass is 35.5. The number of hydrogen-bond donors (Lipinski definition) is 3. The van der Waals surface area contributed by atoms with Crippen LogP contribution in [0.15, 0.2) is 29.6 Å². The van der Waals surface area contributed by atoms with Gasteiger partial charge < -0.3 is 11.1 Å². The summed E-state index contributed by atoms with van der Waals surface area (Å²) in [5, 5.41) is 12.7. The molecule has 2 heterocycles. The van der Waals surface area contributed by atoms with Gasteiger partial charge in [0, 0.05) is 23.3 Å². The summed E-state index contributed by atoms with van der Waals surface area (Å²) >= 11 is 1.44. The lowest BCUT2D eigenvalue weighted by Gasteiger charge is -2.07. The van der Waals surface area contributed by atoms with Gasteiger partial charge in [-0.15, -0.1) is 23.7 Å². The number of nitrogens with one attached hydrogen (secondary N) is 2. The maximum Gasteiger partial charge on any atom is 0.275 e. The standard InChI is InChI=1S/C17H20N6OS.ClH/c1-10(2)15-21-16(23-22-15)11-5-3-4-6-12(11)20-17(24)13-9-25-14(19-13)7-8-18;/h3-6,9-10H,7-8,18H2,1-2H3,(H,20,24)(H,21,22,23);1H. The quantitative estimate of drug-likeness (QED) is 0.596. The summed E-state index contributed by atoms with van der Waals surface area (Å²) in [5.41, 5.74) is 7.32. The van der Waals surface area contributed by atoms with Gasteiger partial charge in [0.2, 0.25) is 0 Å². The van der Waals surface area contributed by atoms with Crippen molar-refractivity contribution in [2.24, 2.45) is 5.73 Å². The fourth-order valence-electron chi connectivity index (χ4n) is 2.28. The highest BCUT2D eigenvalue weighted by Crippen LogP contribution is 2.26. The lowest BCUT2D eigenvalue weighted by atomic mass is 10.1. The number of hydrogen-bond acceptors (Lipinski definition) is 6. The Morgan fingerprint density at radius 1 is 1.31 bits per heavy atom. The molecule has 1 aromatic carbocycles. The topological polar surface area (TPSA) is 110 Å². The summed E-state index contributed by atoms with van der Waals surface area (Å²) in [6.45, 7) is 4.60. The van der Waals surface area contributed by atoms with E-state index in [1.165, 1.54) is 11.3 Å². The van der Waals surface area contributed by atoms with E-state index >= 15 is 0 Å². The molecule has 0 aliphatic heterocycles. The number of nitrogens with zero attached hydrogens (tertiary/aromatic N) is 3. The van der Waals surface area contributed by atoms with Crippen LogP contribution in [-0.2, 0) is 6.42 Å². The van der Waals surface area contributed by atoms with Crippen LogP contribution in [0.25, 0.3) is 11.4 Å². The van der Waals surface area contributed by atoms with Crippen molar-refractivity contribution in [1.82, 2.24) is 20.2 Å². The summed E-state index contributed by atoms with van der Waals surface area (Å²) in [6.07, 6.45) is 0.670. The molecule has 1 amide bonds. The van der Waals surface area contributed by atoms with Crippen LogP contribution in [0.1, 0.15) is 41.1 Å². The number of anilines is 1. The zero-order chi connectivity index (χ0) is 17.8. The Balaban J connectivity index is 0.00000243. The van der Waals surface area contributed by atoms with Gasteiger partial charge in [0.1, 0.15) is 11.5 Å². The number of thiazole rings is 1. The molecule has 4 N–H and O–H groups in total. The first-order valence-corrected chi connectivity index (χ1v) is 8.94. The van der Waals surface area contributed by atoms with Crippen molar-refractivity contribution in [3.63, 3.8) is 0 Å². The lowest BCUT2D eigenvalue weighted by Crippen LogP contribution is -2.13. The van der Waals surface area contributed by atoms with Gasteiger partial charge in [0.15, 0.2) is 5.82 Å². The number of H-pyrrole nitrogens is 1. The van der Waals surface area contributed by atoms with Crippen LogP contribution >= 0.6 is 23.7 Å². The van der Waals surface area contributed by atoms with Crippen LogP contribution in [0.3, 0.4) is 0 Å². The van der Waals surface area contributed by atoms with Crippen LogP contribution in [-0.4, -0.2) is 32.6 Å². The van der Waals surface area contributed by atoms with Gasteiger partial charge in [-0.05, 0) is 18.7 Å². The van der Waals surface area contributed by atoms with E-state index in [2.05, 4.69) is 25.5 Å². The number of aromatic amines is 1. The van der Waals surface area contributed by atoms with Crippen LogP contribution in [0.5, 0.6) is 0 Å². The fraction of sp³-hybridized carbons (Fsp3) is 0.294. The SMILES string of the molecule is CC(C)c1nc(-c2ccccc2NC(=O)c2csc(CCN)n2)n[nH]1.Cl. The molecule has 0 aliphatic carbocycles. The molecule has 0 fully saturated rings. The average Bonchev–Trinajstić information content (AvgIpc) is 3.25. The summed E-state index contributed by atoms with van der Waals surface area (Å²) in [6, 6.07) is 7.45. The zero-order valence-corrected chi connectivity index (χ0v) is 16.2. The molecule has 26 heavy (non-hydrogen) atoms. The van der Waals surface area contributed by atoms with E-state index in [-0.39, 0.29) is 24.2 Å². The second-order valence-corrected chi connectivity index (χ2v) is 6.81. The molecular weight excluding hydrogens is 372 g/mol. The van der Waals surface area contributed by atoms with Crippen LogP contribution in [0, 0.1) is 0 Å². The largest absolute Gasteiger partial charge is 0.330 e. The van der Waals surface area contributed by atoms with E-state index in [9.17, 15) is 4.79 Å². The molecule has 9 heteroatoms. The molecule has 0 saturated carbocycles. The Morgan fingerprint density at radius 2 is 2.08 bits per heavy atom. The first kappa shape index (κ1) is 20.0. The fourth-order valence-corrected chi connectivity index (χ4v) is 3.07. The third-order valence-electron chi connectivity index (χ3n) is 3.61. The summed E-state index contributed by atoms with van der Waals surface area (Å²) < 4.78 is 0. The minimum atomic E-state index is -0.258. The third kappa shape index (κ3) is 4.46. The number of nitrogens with two attached hydrogens (primary N) is 1. The lowest BCUT2D eigenvalue weighted by molar-refractivity contribution is 0.102. The molecule has 3 rings (SSSR count). The summed E-state index contributed by atoms with van der Waals surface area (Å²) in [7, 11) is 0. The van der Waals surface area contributed by atoms with Gasteiger partial charge in [-0.25, -0.2) is 9.97 Å². The summed E-state index contributed by atoms with van der Waals surface area (Å²) in [4.78, 5) is 21.3. The van der Waals surface area contributed by atoms with Gasteiger partial charge in [0.05, 0.1) is 10.7 Å². The number of halogens is 1. The second kappa shape index (κ2) is 8.88. The van der Waals surface area contributed by atoms with E-state index in [1.807, 2.05) is 38.1 Å². The molecule has 3 aromatic rings. The average molecular weight is 393 g/mol. The Hall–Kier alpha value is -2.29. The molecule has 0 atom stereocenters. The molecule has 2 aromatic heterocycles. The van der Waals surface area contributed by atoms with Crippen molar-refractivity contribution in [3.8, 4) is 11.4 Å². The van der Waals surface area contributed by atoms with Crippen molar-refractivity contribution in [2.45, 2.75) is 26.2 Å². The third-order valence-corrected chi connectivity index (χ3v) is 4.52. The van der Waals surface area contributed by atoms with Crippen molar-refractivity contribution in [1.29, 1.82) is 0 Å². The second-order valence-electron chi connectivity index (χ2n) is 5.86. The molecule has 0 bridgehead atoms. The number of para-hydroxylation sites is 1. The predicted molar refractivity (Wildman–Crippen MR) is 106 cm³/mol. The van der Waals surface area contributed by atoms with Crippen molar-refractivity contribution >= 4 is 35.3 Å². The number of aromatic nitrogens is 4. The predicted octanol–water partition coefficient (Wildman–Crippen LogP) is 3.23. The Labute approximate surface area is 161 Å². The van der Waals surface area contributed by atoms with Crippen LogP contribution in [0.4, 0.5) is 5.69 Å². The highest BCUT2D eigenvalue weighted by molar-refractivity contribution is 7.09. The molecule has 0 unspecified atom stereocenters. The Bertz CT molecular complexity index is 876. The molecule has 138 valence electrons. The maximum atomic E-state index is 12.5. The van der Waals surface area contributed by atoms with E-state index in [0.29, 0.717) is 30.2 Å². The molecule has 7 nitrogen and oxygen atoms in total. The van der Waals surface area contributed by atoms with Gasteiger partial charge in [-0.3, -0.25) is 9.89 Å². The van der Waals surface area contributed by atoms with Gasteiger partial charge >= 0.3 is 0 Å². The number of benzene rings is 1.